The number of hydrogen-bond donors (Lipinski definition) is 0. The lowest BCUT2D eigenvalue weighted by Crippen LogP contribution is -2.05. The molecule has 0 saturated heterocycles. The average Bonchev–Trinajstić information content (AvgIpc) is 2.83. The van der Waals surface area contributed by atoms with Crippen LogP contribution >= 0.6 is 11.6 Å². The molecule has 22 heavy (non-hydrogen) atoms. The van der Waals surface area contributed by atoms with E-state index in [0.717, 1.165) is 11.8 Å². The van der Waals surface area contributed by atoms with Crippen LogP contribution in [-0.4, -0.2) is 15.7 Å². The molecule has 3 rings (SSSR count). The van der Waals surface area contributed by atoms with Gasteiger partial charge in [0.2, 0.25) is 0 Å². The van der Waals surface area contributed by atoms with Gasteiger partial charge in [0.1, 0.15) is 35.5 Å². The minimum absolute atomic E-state index is 0.0342. The minimum atomic E-state index is -0.0635. The molecule has 0 bridgehead atoms. The van der Waals surface area contributed by atoms with Crippen LogP contribution in [0.5, 0.6) is 0 Å². The lowest BCUT2D eigenvalue weighted by molar-refractivity contribution is 0.270. The van der Waals surface area contributed by atoms with Gasteiger partial charge in [0.25, 0.3) is 0 Å². The zero-order valence-electron chi connectivity index (χ0n) is 11.0. The summed E-state index contributed by atoms with van der Waals surface area (Å²) in [7, 11) is 0. The first kappa shape index (κ1) is 13.7. The van der Waals surface area contributed by atoms with E-state index in [1.54, 1.807) is 18.2 Å². The first-order valence-corrected chi connectivity index (χ1v) is 6.45. The number of rotatable bonds is 2. The van der Waals surface area contributed by atoms with Crippen LogP contribution in [0.3, 0.4) is 0 Å². The second-order valence-electron chi connectivity index (χ2n) is 4.24. The largest absolute Gasteiger partial charge is 0.365 e. The van der Waals surface area contributed by atoms with Crippen LogP contribution < -0.4 is 0 Å². The van der Waals surface area contributed by atoms with Crippen molar-refractivity contribution in [2.24, 2.45) is 5.16 Å². The van der Waals surface area contributed by atoms with E-state index in [4.69, 9.17) is 27.0 Å². The number of hydrogen-bond acceptors (Lipinski definition) is 6. The van der Waals surface area contributed by atoms with Gasteiger partial charge in [0.15, 0.2) is 11.4 Å². The van der Waals surface area contributed by atoms with E-state index in [1.165, 1.54) is 0 Å². The number of halogens is 1. The van der Waals surface area contributed by atoms with Gasteiger partial charge in [-0.15, -0.1) is 0 Å². The van der Waals surface area contributed by atoms with Crippen LogP contribution in [0.15, 0.2) is 36.2 Å². The van der Waals surface area contributed by atoms with Crippen molar-refractivity contribution in [1.82, 2.24) is 9.97 Å². The van der Waals surface area contributed by atoms with E-state index in [1.807, 2.05) is 12.1 Å². The van der Waals surface area contributed by atoms with Crippen molar-refractivity contribution < 1.29 is 4.84 Å². The lowest BCUT2D eigenvalue weighted by Gasteiger charge is -2.00. The number of nitriles is 2. The molecule has 1 aromatic carbocycles. The summed E-state index contributed by atoms with van der Waals surface area (Å²) in [6.07, 6.45) is 1.16. The first-order chi connectivity index (χ1) is 10.7. The van der Waals surface area contributed by atoms with Crippen LogP contribution in [-0.2, 0) is 4.84 Å². The smallest absolute Gasteiger partial charge is 0.177 e. The molecule has 1 aromatic heterocycles. The van der Waals surface area contributed by atoms with Crippen LogP contribution in [0.2, 0.25) is 5.02 Å². The third-order valence-electron chi connectivity index (χ3n) is 3.04. The van der Waals surface area contributed by atoms with Crippen molar-refractivity contribution in [2.75, 3.05) is 0 Å². The van der Waals surface area contributed by atoms with Gasteiger partial charge in [-0.05, 0) is 12.1 Å². The Kier molecular flexibility index (Phi) is 3.30. The monoisotopic (exact) mass is 307 g/mol. The van der Waals surface area contributed by atoms with E-state index >= 15 is 0 Å². The van der Waals surface area contributed by atoms with Gasteiger partial charge in [0.05, 0.1) is 0 Å². The molecule has 1 heterocycles. The third-order valence-corrected chi connectivity index (χ3v) is 3.28. The summed E-state index contributed by atoms with van der Waals surface area (Å²) < 4.78 is 0. The molecular formula is C15H6ClN5O. The zero-order valence-corrected chi connectivity index (χ0v) is 11.8. The van der Waals surface area contributed by atoms with Gasteiger partial charge < -0.3 is 4.84 Å². The Labute approximate surface area is 130 Å². The molecule has 2 aromatic rings. The summed E-state index contributed by atoms with van der Waals surface area (Å²) in [5.41, 5.74) is 2.52. The van der Waals surface area contributed by atoms with Gasteiger partial charge in [-0.3, -0.25) is 0 Å². The van der Waals surface area contributed by atoms with Crippen LogP contribution in [0.1, 0.15) is 22.6 Å². The summed E-state index contributed by atoms with van der Waals surface area (Å²) >= 11 is 6.02. The second-order valence-corrected chi connectivity index (χ2v) is 4.68. The minimum Gasteiger partial charge on any atom is -0.365 e. The maximum Gasteiger partial charge on any atom is 0.177 e. The van der Waals surface area contributed by atoms with Crippen molar-refractivity contribution >= 4 is 17.3 Å². The number of fused-ring (bicyclic) bond motifs is 3. The summed E-state index contributed by atoms with van der Waals surface area (Å²) in [6.45, 7) is 3.43. The van der Waals surface area contributed by atoms with Crippen molar-refractivity contribution in [1.29, 1.82) is 10.5 Å². The van der Waals surface area contributed by atoms with Gasteiger partial charge in [0, 0.05) is 16.1 Å². The highest BCUT2D eigenvalue weighted by Crippen LogP contribution is 2.36. The fraction of sp³-hybridized carbons (Fsp3) is 0. The van der Waals surface area contributed by atoms with E-state index < -0.39 is 0 Å². The Morgan fingerprint density at radius 1 is 1.14 bits per heavy atom. The Morgan fingerprint density at radius 2 is 1.82 bits per heavy atom. The quantitative estimate of drug-likeness (QED) is 0.536. The molecule has 0 fully saturated rings. The van der Waals surface area contributed by atoms with Gasteiger partial charge in [-0.1, -0.05) is 29.4 Å². The normalized spacial score (nSPS) is 13.0. The van der Waals surface area contributed by atoms with E-state index in [9.17, 15) is 0 Å². The van der Waals surface area contributed by atoms with Crippen molar-refractivity contribution in [2.45, 2.75) is 0 Å². The fourth-order valence-corrected chi connectivity index (χ4v) is 2.35. The van der Waals surface area contributed by atoms with Gasteiger partial charge in [-0.25, -0.2) is 9.97 Å². The topological polar surface area (TPSA) is 95.0 Å². The van der Waals surface area contributed by atoms with Crippen LogP contribution in [0.25, 0.3) is 11.3 Å². The van der Waals surface area contributed by atoms with E-state index in [0.29, 0.717) is 27.7 Å². The number of benzene rings is 1. The highest BCUT2D eigenvalue weighted by Gasteiger charge is 2.30. The zero-order chi connectivity index (χ0) is 15.7. The molecule has 0 spiro atoms. The van der Waals surface area contributed by atoms with Crippen LogP contribution in [0, 0.1) is 22.7 Å². The molecular weight excluding hydrogens is 302 g/mol. The number of nitrogens with zero attached hydrogens (tertiary/aromatic N) is 5. The predicted molar refractivity (Wildman–Crippen MR) is 78.8 cm³/mol. The molecule has 0 saturated carbocycles. The van der Waals surface area contributed by atoms with Gasteiger partial charge >= 0.3 is 0 Å². The fourth-order valence-electron chi connectivity index (χ4n) is 2.17. The number of oxime groups is 1. The molecule has 0 N–H and O–H groups in total. The molecule has 0 unspecified atom stereocenters. The van der Waals surface area contributed by atoms with Crippen molar-refractivity contribution in [3.8, 4) is 23.4 Å². The molecule has 1 aliphatic carbocycles. The highest BCUT2D eigenvalue weighted by molar-refractivity contribution is 6.32. The Hall–Kier alpha value is -3.22. The Bertz CT molecular complexity index is 921. The predicted octanol–water partition coefficient (Wildman–Crippen LogP) is 2.77. The maximum atomic E-state index is 9.09. The summed E-state index contributed by atoms with van der Waals surface area (Å²) in [5.74, 6) is 0. The number of aromatic nitrogens is 2. The highest BCUT2D eigenvalue weighted by atomic mass is 35.5. The Morgan fingerprint density at radius 3 is 2.45 bits per heavy atom. The molecule has 104 valence electrons. The van der Waals surface area contributed by atoms with Crippen molar-refractivity contribution in [3.05, 3.63) is 58.7 Å². The Balaban J connectivity index is 2.35. The molecule has 6 nitrogen and oxygen atoms in total. The molecule has 0 aliphatic heterocycles. The standard InChI is InChI=1S/C15H6ClN5O/c1-2-22-21-14-10-5-8(16)3-4-9(10)13-15(14)20-12(7-18)11(6-17)19-13/h2-5H,1H2/b21-14-. The summed E-state index contributed by atoms with van der Waals surface area (Å²) in [6, 6.07) is 8.88. The summed E-state index contributed by atoms with van der Waals surface area (Å²) in [5, 5.41) is 22.6. The van der Waals surface area contributed by atoms with E-state index in [2.05, 4.69) is 21.7 Å². The molecule has 1 aliphatic rings. The second kappa shape index (κ2) is 5.28. The molecule has 0 amide bonds. The third kappa shape index (κ3) is 1.99. The molecule has 7 heteroatoms. The van der Waals surface area contributed by atoms with Gasteiger partial charge in [-0.2, -0.15) is 10.5 Å². The summed E-state index contributed by atoms with van der Waals surface area (Å²) in [4.78, 5) is 13.3. The van der Waals surface area contributed by atoms with Crippen LogP contribution in [0.4, 0.5) is 0 Å². The van der Waals surface area contributed by atoms with E-state index in [-0.39, 0.29) is 11.4 Å². The average molecular weight is 308 g/mol. The molecule has 0 atom stereocenters. The van der Waals surface area contributed by atoms with Crippen molar-refractivity contribution in [3.63, 3.8) is 0 Å². The lowest BCUT2D eigenvalue weighted by atomic mass is 10.1. The first-order valence-electron chi connectivity index (χ1n) is 6.07. The SMILES string of the molecule is C=CO/N=C1/c2cc(Cl)ccc2-c2nc(C#N)c(C#N)nc21. The maximum absolute atomic E-state index is 9.09. The molecule has 0 radical (unpaired) electrons.